The quantitative estimate of drug-likeness (QED) is 0.154. The van der Waals surface area contributed by atoms with Crippen LogP contribution in [0.4, 0.5) is 11.6 Å². The number of likely N-dealkylation sites (tertiary alicyclic amines) is 1. The van der Waals surface area contributed by atoms with Gasteiger partial charge in [-0.05, 0) is 63.7 Å². The second kappa shape index (κ2) is 12.3. The summed E-state index contributed by atoms with van der Waals surface area (Å²) in [5.74, 6) is 0.604. The van der Waals surface area contributed by atoms with E-state index in [0.29, 0.717) is 42.3 Å². The molecule has 11 heteroatoms. The third kappa shape index (κ3) is 6.92. The molecule has 0 amide bonds. The van der Waals surface area contributed by atoms with Gasteiger partial charge in [-0.3, -0.25) is 19.8 Å². The average Bonchev–Trinajstić information content (AvgIpc) is 2.86. The van der Waals surface area contributed by atoms with Crippen LogP contribution in [0.2, 0.25) is 0 Å². The molecular formula is C26H30BrN5O5. The maximum atomic E-state index is 11.9. The molecule has 1 fully saturated rings. The normalized spacial score (nSPS) is 14.5. The summed E-state index contributed by atoms with van der Waals surface area (Å²) < 4.78 is 11.8. The Morgan fingerprint density at radius 1 is 1.24 bits per heavy atom. The number of carbonyl (C=O) groups excluding carboxylic acids is 1. The van der Waals surface area contributed by atoms with E-state index < -0.39 is 4.92 Å². The van der Waals surface area contributed by atoms with Gasteiger partial charge in [-0.1, -0.05) is 28.1 Å². The molecule has 1 saturated heterocycles. The molecule has 0 radical (unpaired) electrons. The fourth-order valence-corrected chi connectivity index (χ4v) is 5.05. The number of hydrogen-bond donors (Lipinski definition) is 1. The molecule has 0 bridgehead atoms. The van der Waals surface area contributed by atoms with Crippen LogP contribution < -0.4 is 10.5 Å². The first-order valence-corrected chi connectivity index (χ1v) is 13.2. The average molecular weight is 572 g/mol. The number of esters is 1. The molecule has 2 aromatic carbocycles. The number of benzene rings is 2. The van der Waals surface area contributed by atoms with E-state index in [0.717, 1.165) is 48.8 Å². The summed E-state index contributed by atoms with van der Waals surface area (Å²) in [6.07, 6.45) is 3.73. The van der Waals surface area contributed by atoms with E-state index in [1.807, 2.05) is 31.2 Å². The Morgan fingerprint density at radius 3 is 2.73 bits per heavy atom. The van der Waals surface area contributed by atoms with Crippen LogP contribution in [0, 0.1) is 16.0 Å². The first kappa shape index (κ1) is 26.7. The van der Waals surface area contributed by atoms with Crippen molar-refractivity contribution in [1.82, 2.24) is 14.9 Å². The highest BCUT2D eigenvalue weighted by Crippen LogP contribution is 2.36. The van der Waals surface area contributed by atoms with Gasteiger partial charge in [-0.15, -0.1) is 0 Å². The summed E-state index contributed by atoms with van der Waals surface area (Å²) >= 11 is 3.45. The van der Waals surface area contributed by atoms with E-state index in [1.165, 1.54) is 6.07 Å². The van der Waals surface area contributed by atoms with E-state index in [1.54, 1.807) is 6.07 Å². The zero-order chi connectivity index (χ0) is 26.4. The Labute approximate surface area is 223 Å². The number of carbonyl (C=O) groups is 1. The molecule has 1 aliphatic rings. The third-order valence-electron chi connectivity index (χ3n) is 6.47. The molecule has 0 saturated carbocycles. The number of aromatic nitrogens is 2. The van der Waals surface area contributed by atoms with Crippen LogP contribution in [-0.4, -0.2) is 58.6 Å². The second-order valence-electron chi connectivity index (χ2n) is 9.05. The number of rotatable bonds is 10. The lowest BCUT2D eigenvalue weighted by molar-refractivity contribution is -0.385. The highest BCUT2D eigenvalue weighted by molar-refractivity contribution is 9.10. The second-order valence-corrected chi connectivity index (χ2v) is 9.97. The van der Waals surface area contributed by atoms with Gasteiger partial charge in [0.2, 0.25) is 5.95 Å². The van der Waals surface area contributed by atoms with Gasteiger partial charge < -0.3 is 15.2 Å². The Balaban J connectivity index is 1.41. The van der Waals surface area contributed by atoms with Gasteiger partial charge in [0.25, 0.3) is 0 Å². The van der Waals surface area contributed by atoms with Crippen LogP contribution in [0.1, 0.15) is 32.6 Å². The zero-order valence-corrected chi connectivity index (χ0v) is 22.3. The molecule has 0 aliphatic carbocycles. The lowest BCUT2D eigenvalue weighted by atomic mass is 9.92. The largest absolute Gasteiger partial charge is 0.487 e. The van der Waals surface area contributed by atoms with Crippen LogP contribution in [0.3, 0.4) is 0 Å². The molecule has 10 nitrogen and oxygen atoms in total. The van der Waals surface area contributed by atoms with Gasteiger partial charge in [0, 0.05) is 27.6 Å². The highest BCUT2D eigenvalue weighted by Gasteiger charge is 2.23. The molecular weight excluding hydrogens is 542 g/mol. The topological polar surface area (TPSA) is 134 Å². The molecule has 0 spiro atoms. The number of ether oxygens (including phenoxy) is 2. The zero-order valence-electron chi connectivity index (χ0n) is 20.7. The van der Waals surface area contributed by atoms with Crippen LogP contribution in [0.5, 0.6) is 5.75 Å². The lowest BCUT2D eigenvalue weighted by Crippen LogP contribution is -2.38. The van der Waals surface area contributed by atoms with Crippen molar-refractivity contribution in [2.75, 3.05) is 38.6 Å². The van der Waals surface area contributed by atoms with Crippen molar-refractivity contribution in [2.45, 2.75) is 32.6 Å². The summed E-state index contributed by atoms with van der Waals surface area (Å²) in [5.41, 5.74) is 7.60. The minimum absolute atomic E-state index is 0.0802. The van der Waals surface area contributed by atoms with Crippen LogP contribution in [0.15, 0.2) is 40.9 Å². The molecule has 2 heterocycles. The number of piperidine rings is 1. The number of nitro benzene ring substituents is 1. The number of fused-ring (bicyclic) bond motifs is 1. The predicted octanol–water partition coefficient (Wildman–Crippen LogP) is 4.98. The summed E-state index contributed by atoms with van der Waals surface area (Å²) in [5, 5.41) is 12.4. The van der Waals surface area contributed by atoms with Gasteiger partial charge in [-0.2, -0.15) is 0 Å². The van der Waals surface area contributed by atoms with Crippen molar-refractivity contribution in [3.63, 3.8) is 0 Å². The van der Waals surface area contributed by atoms with Crippen molar-refractivity contribution in [2.24, 2.45) is 5.92 Å². The summed E-state index contributed by atoms with van der Waals surface area (Å²) in [6.45, 7) is 4.63. The number of anilines is 1. The molecule has 2 N–H and O–H groups in total. The molecule has 4 rings (SSSR count). The van der Waals surface area contributed by atoms with Crippen LogP contribution >= 0.6 is 15.9 Å². The van der Waals surface area contributed by atoms with E-state index in [4.69, 9.17) is 15.2 Å². The Bertz CT molecular complexity index is 1280. The van der Waals surface area contributed by atoms with Crippen molar-refractivity contribution < 1.29 is 19.2 Å². The fourth-order valence-electron chi connectivity index (χ4n) is 4.65. The maximum Gasteiger partial charge on any atom is 0.320 e. The first-order valence-electron chi connectivity index (χ1n) is 12.4. The number of halogens is 1. The minimum atomic E-state index is -0.449. The van der Waals surface area contributed by atoms with Crippen molar-refractivity contribution in [3.8, 4) is 17.0 Å². The molecule has 0 unspecified atom stereocenters. The summed E-state index contributed by atoms with van der Waals surface area (Å²) in [6, 6.07) is 10.5. The molecule has 0 atom stereocenters. The van der Waals surface area contributed by atoms with Gasteiger partial charge in [0.15, 0.2) is 5.75 Å². The summed E-state index contributed by atoms with van der Waals surface area (Å²) in [4.78, 5) is 33.9. The molecule has 1 aliphatic heterocycles. The molecule has 1 aromatic heterocycles. The molecule has 196 valence electrons. The van der Waals surface area contributed by atoms with Crippen LogP contribution in [0.25, 0.3) is 22.2 Å². The standard InChI is InChI=1S/C26H30BrN5O5/c1-2-36-24(33)16-31-10-8-17(9-11-31)5-4-12-37-23-15-21-20(14-22(23)32(34)35)25(30-26(28)29-21)18-6-3-7-19(27)13-18/h3,6-7,13-15,17H,2,4-5,8-12,16H2,1H3,(H2,28,29,30). The third-order valence-corrected chi connectivity index (χ3v) is 6.96. The fraction of sp³-hybridized carbons (Fsp3) is 0.423. The van der Waals surface area contributed by atoms with Gasteiger partial charge in [-0.25, -0.2) is 9.97 Å². The van der Waals surface area contributed by atoms with E-state index >= 15 is 0 Å². The smallest absolute Gasteiger partial charge is 0.320 e. The highest BCUT2D eigenvalue weighted by atomic mass is 79.9. The Kier molecular flexibility index (Phi) is 8.88. The number of nitro groups is 1. The number of nitrogen functional groups attached to an aromatic ring is 1. The van der Waals surface area contributed by atoms with Crippen molar-refractivity contribution >= 4 is 44.4 Å². The molecule has 37 heavy (non-hydrogen) atoms. The first-order chi connectivity index (χ1) is 17.8. The van der Waals surface area contributed by atoms with Gasteiger partial charge >= 0.3 is 11.7 Å². The number of hydrogen-bond acceptors (Lipinski definition) is 9. The molecule has 3 aromatic rings. The van der Waals surface area contributed by atoms with Crippen LogP contribution in [-0.2, 0) is 9.53 Å². The number of nitrogens with two attached hydrogens (primary N) is 1. The Hall–Kier alpha value is -3.31. The van der Waals surface area contributed by atoms with Gasteiger partial charge in [0.1, 0.15) is 0 Å². The number of nitrogens with zero attached hydrogens (tertiary/aromatic N) is 4. The van der Waals surface area contributed by atoms with Gasteiger partial charge in [0.05, 0.1) is 35.9 Å². The Morgan fingerprint density at radius 2 is 2.03 bits per heavy atom. The van der Waals surface area contributed by atoms with E-state index in [2.05, 4.69) is 30.8 Å². The van der Waals surface area contributed by atoms with E-state index in [-0.39, 0.29) is 23.4 Å². The van der Waals surface area contributed by atoms with Crippen molar-refractivity contribution in [1.29, 1.82) is 0 Å². The maximum absolute atomic E-state index is 11.9. The minimum Gasteiger partial charge on any atom is -0.487 e. The lowest BCUT2D eigenvalue weighted by Gasteiger charge is -2.31. The summed E-state index contributed by atoms with van der Waals surface area (Å²) in [7, 11) is 0. The predicted molar refractivity (Wildman–Crippen MR) is 144 cm³/mol. The van der Waals surface area contributed by atoms with E-state index in [9.17, 15) is 14.9 Å². The van der Waals surface area contributed by atoms with Crippen molar-refractivity contribution in [3.05, 3.63) is 51.0 Å². The SMILES string of the molecule is CCOC(=O)CN1CCC(CCCOc2cc3nc(N)nc(-c4cccc(Br)c4)c3cc2[N+](=O)[O-])CC1. The monoisotopic (exact) mass is 571 g/mol.